The first-order valence-corrected chi connectivity index (χ1v) is 7.48. The van der Waals surface area contributed by atoms with E-state index in [0.29, 0.717) is 17.9 Å². The van der Waals surface area contributed by atoms with E-state index in [0.717, 1.165) is 27.7 Å². The maximum absolute atomic E-state index is 11.9. The molecule has 3 rings (SSSR count). The lowest BCUT2D eigenvalue weighted by Gasteiger charge is -2.10. The van der Waals surface area contributed by atoms with Crippen LogP contribution in [0.3, 0.4) is 0 Å². The van der Waals surface area contributed by atoms with E-state index in [2.05, 4.69) is 4.98 Å². The van der Waals surface area contributed by atoms with Gasteiger partial charge in [-0.2, -0.15) is 0 Å². The number of nitrogens with one attached hydrogen (secondary N) is 1. The van der Waals surface area contributed by atoms with Crippen molar-refractivity contribution in [2.24, 2.45) is 0 Å². The predicted octanol–water partition coefficient (Wildman–Crippen LogP) is 4.15. The Morgan fingerprint density at radius 3 is 2.57 bits per heavy atom. The summed E-state index contributed by atoms with van der Waals surface area (Å²) in [7, 11) is 1.38. The summed E-state index contributed by atoms with van der Waals surface area (Å²) in [6.45, 7) is 4.47. The highest BCUT2D eigenvalue weighted by Crippen LogP contribution is 2.31. The molecule has 4 heteroatoms. The molecule has 1 N–H and O–H groups in total. The van der Waals surface area contributed by atoms with Crippen molar-refractivity contribution < 1.29 is 14.3 Å². The lowest BCUT2D eigenvalue weighted by Crippen LogP contribution is -2.03. The number of H-pyrrole nitrogens is 1. The molecule has 0 aliphatic carbocycles. The topological polar surface area (TPSA) is 51.3 Å². The molecule has 0 saturated heterocycles. The van der Waals surface area contributed by atoms with Crippen LogP contribution >= 0.6 is 0 Å². The highest BCUT2D eigenvalue weighted by atomic mass is 16.5. The lowest BCUT2D eigenvalue weighted by molar-refractivity contribution is 0.0600. The zero-order valence-electron chi connectivity index (χ0n) is 13.5. The fourth-order valence-electron chi connectivity index (χ4n) is 2.61. The number of rotatable bonds is 4. The van der Waals surface area contributed by atoms with E-state index >= 15 is 0 Å². The molecule has 0 fully saturated rings. The van der Waals surface area contributed by atoms with Crippen LogP contribution in [0.4, 0.5) is 0 Å². The highest BCUT2D eigenvalue weighted by molar-refractivity contribution is 5.98. The Hall–Kier alpha value is -2.75. The van der Waals surface area contributed by atoms with Crippen molar-refractivity contribution in [3.63, 3.8) is 0 Å². The third-order valence-corrected chi connectivity index (χ3v) is 4.04. The Balaban J connectivity index is 2.03. The van der Waals surface area contributed by atoms with Crippen LogP contribution in [0.25, 0.3) is 10.9 Å². The van der Waals surface area contributed by atoms with E-state index in [1.807, 2.05) is 50.2 Å². The number of esters is 1. The fraction of sp³-hybridized carbons (Fsp3) is 0.211. The van der Waals surface area contributed by atoms with Crippen LogP contribution in [0.2, 0.25) is 0 Å². The number of fused-ring (bicyclic) bond motifs is 1. The number of ether oxygens (including phenoxy) is 2. The Kier molecular flexibility index (Phi) is 4.06. The summed E-state index contributed by atoms with van der Waals surface area (Å²) in [5.74, 6) is 0.290. The molecule has 0 atom stereocenters. The number of aromatic amines is 1. The minimum absolute atomic E-state index is 0.366. The summed E-state index contributed by atoms with van der Waals surface area (Å²) in [6.07, 6.45) is 0. The van der Waals surface area contributed by atoms with Crippen molar-refractivity contribution in [2.45, 2.75) is 20.5 Å². The van der Waals surface area contributed by atoms with Gasteiger partial charge >= 0.3 is 5.97 Å². The van der Waals surface area contributed by atoms with Crippen molar-refractivity contribution in [3.8, 4) is 5.75 Å². The largest absolute Gasteiger partial charge is 0.487 e. The van der Waals surface area contributed by atoms with Crippen LogP contribution < -0.4 is 4.74 Å². The molecule has 0 saturated carbocycles. The van der Waals surface area contributed by atoms with Gasteiger partial charge < -0.3 is 14.5 Å². The first-order valence-electron chi connectivity index (χ1n) is 7.48. The Labute approximate surface area is 135 Å². The molecular formula is C19H19NO3. The molecule has 1 aromatic heterocycles. The Bertz CT molecular complexity index is 850. The van der Waals surface area contributed by atoms with Crippen LogP contribution in [-0.2, 0) is 11.3 Å². The Morgan fingerprint density at radius 1 is 1.13 bits per heavy atom. The molecule has 118 valence electrons. The van der Waals surface area contributed by atoms with E-state index in [9.17, 15) is 4.79 Å². The molecule has 0 amide bonds. The SMILES string of the molecule is COC(=O)c1cc(OCc2ccccc2)c2[nH]c(C)c(C)c2c1. The van der Waals surface area contributed by atoms with E-state index in [-0.39, 0.29) is 5.97 Å². The number of aromatic nitrogens is 1. The second-order valence-electron chi connectivity index (χ2n) is 5.54. The summed E-state index contributed by atoms with van der Waals surface area (Å²) < 4.78 is 10.8. The van der Waals surface area contributed by atoms with E-state index < -0.39 is 0 Å². The first kappa shape index (κ1) is 15.2. The predicted molar refractivity (Wildman–Crippen MR) is 89.9 cm³/mol. The van der Waals surface area contributed by atoms with Crippen LogP contribution in [0.15, 0.2) is 42.5 Å². The molecule has 1 heterocycles. The van der Waals surface area contributed by atoms with Crippen molar-refractivity contribution >= 4 is 16.9 Å². The van der Waals surface area contributed by atoms with Gasteiger partial charge in [-0.3, -0.25) is 0 Å². The van der Waals surface area contributed by atoms with Gasteiger partial charge in [0.05, 0.1) is 18.2 Å². The average Bonchev–Trinajstić information content (AvgIpc) is 2.88. The minimum atomic E-state index is -0.366. The van der Waals surface area contributed by atoms with Gasteiger partial charge in [-0.15, -0.1) is 0 Å². The first-order chi connectivity index (χ1) is 11.1. The van der Waals surface area contributed by atoms with Gasteiger partial charge in [-0.25, -0.2) is 4.79 Å². The molecule has 0 unspecified atom stereocenters. The number of carbonyl (C=O) groups is 1. The molecular weight excluding hydrogens is 290 g/mol. The van der Waals surface area contributed by atoms with Crippen LogP contribution in [0, 0.1) is 13.8 Å². The zero-order valence-corrected chi connectivity index (χ0v) is 13.5. The van der Waals surface area contributed by atoms with Crippen LogP contribution in [0.1, 0.15) is 27.2 Å². The minimum Gasteiger partial charge on any atom is -0.487 e. The molecule has 23 heavy (non-hydrogen) atoms. The number of hydrogen-bond donors (Lipinski definition) is 1. The monoisotopic (exact) mass is 309 g/mol. The highest BCUT2D eigenvalue weighted by Gasteiger charge is 2.15. The number of hydrogen-bond acceptors (Lipinski definition) is 3. The van der Waals surface area contributed by atoms with E-state index in [4.69, 9.17) is 9.47 Å². The van der Waals surface area contributed by atoms with Gasteiger partial charge in [-0.05, 0) is 37.1 Å². The normalized spacial score (nSPS) is 10.7. The van der Waals surface area contributed by atoms with Crippen LogP contribution in [-0.4, -0.2) is 18.1 Å². The second-order valence-corrected chi connectivity index (χ2v) is 5.54. The molecule has 3 aromatic rings. The van der Waals surface area contributed by atoms with Crippen molar-refractivity contribution in [3.05, 3.63) is 64.8 Å². The summed E-state index contributed by atoms with van der Waals surface area (Å²) >= 11 is 0. The molecule has 2 aromatic carbocycles. The smallest absolute Gasteiger partial charge is 0.338 e. The summed E-state index contributed by atoms with van der Waals surface area (Å²) in [5, 5.41) is 0.980. The third kappa shape index (κ3) is 2.93. The quantitative estimate of drug-likeness (QED) is 0.737. The fourth-order valence-corrected chi connectivity index (χ4v) is 2.61. The molecule has 0 aliphatic heterocycles. The van der Waals surface area contributed by atoms with Gasteiger partial charge in [0.15, 0.2) is 0 Å². The van der Waals surface area contributed by atoms with E-state index in [1.165, 1.54) is 7.11 Å². The third-order valence-electron chi connectivity index (χ3n) is 4.04. The molecule has 0 radical (unpaired) electrons. The lowest BCUT2D eigenvalue weighted by atomic mass is 10.1. The second kappa shape index (κ2) is 6.16. The number of methoxy groups -OCH3 is 1. The van der Waals surface area contributed by atoms with Crippen molar-refractivity contribution in [1.29, 1.82) is 0 Å². The van der Waals surface area contributed by atoms with Gasteiger partial charge in [0.1, 0.15) is 12.4 Å². The molecule has 0 spiro atoms. The van der Waals surface area contributed by atoms with E-state index in [1.54, 1.807) is 6.07 Å². The van der Waals surface area contributed by atoms with Gasteiger partial charge in [-0.1, -0.05) is 30.3 Å². The maximum atomic E-state index is 11.9. The summed E-state index contributed by atoms with van der Waals surface area (Å²) in [6, 6.07) is 13.5. The summed E-state index contributed by atoms with van der Waals surface area (Å²) in [4.78, 5) is 15.3. The van der Waals surface area contributed by atoms with Gasteiger partial charge in [0.25, 0.3) is 0 Å². The van der Waals surface area contributed by atoms with Crippen LogP contribution in [0.5, 0.6) is 5.75 Å². The number of carbonyl (C=O) groups excluding carboxylic acids is 1. The Morgan fingerprint density at radius 2 is 1.87 bits per heavy atom. The van der Waals surface area contributed by atoms with Gasteiger partial charge in [0, 0.05) is 11.1 Å². The maximum Gasteiger partial charge on any atom is 0.338 e. The number of aryl methyl sites for hydroxylation is 2. The van der Waals surface area contributed by atoms with Gasteiger partial charge in [0.2, 0.25) is 0 Å². The molecule has 4 nitrogen and oxygen atoms in total. The standard InChI is InChI=1S/C19H19NO3/c1-12-13(2)20-18-16(12)9-15(19(21)22-3)10-17(18)23-11-14-7-5-4-6-8-14/h4-10,20H,11H2,1-3H3. The average molecular weight is 309 g/mol. The zero-order chi connectivity index (χ0) is 16.4. The van der Waals surface area contributed by atoms with Crippen molar-refractivity contribution in [2.75, 3.05) is 7.11 Å². The number of benzene rings is 2. The molecule has 0 bridgehead atoms. The van der Waals surface area contributed by atoms with Crippen molar-refractivity contribution in [1.82, 2.24) is 4.98 Å². The summed E-state index contributed by atoms with van der Waals surface area (Å²) in [5.41, 5.74) is 4.64. The molecule has 0 aliphatic rings.